The first kappa shape index (κ1) is 17.9. The lowest BCUT2D eigenvalue weighted by molar-refractivity contribution is -0.116. The third kappa shape index (κ3) is 4.11. The number of aliphatic hydroxyl groups excluding tert-OH is 1. The molecule has 0 amide bonds. The summed E-state index contributed by atoms with van der Waals surface area (Å²) in [6, 6.07) is 7.71. The molecule has 4 nitrogen and oxygen atoms in total. The molecule has 2 rings (SSSR count). The molecular weight excluding hydrogens is 291 g/mol. The SMILES string of the molecule is CC(=O)Cc1cccc(C=C(CO)B2OC(C)(C)C(C)(C)O2)c1. The van der Waals surface area contributed by atoms with E-state index in [4.69, 9.17) is 9.31 Å². The highest BCUT2D eigenvalue weighted by atomic mass is 16.7. The average molecular weight is 316 g/mol. The van der Waals surface area contributed by atoms with Crippen LogP contribution in [0.5, 0.6) is 0 Å². The van der Waals surface area contributed by atoms with E-state index < -0.39 is 18.3 Å². The average Bonchev–Trinajstić information content (AvgIpc) is 2.64. The molecule has 23 heavy (non-hydrogen) atoms. The number of aliphatic hydroxyl groups is 1. The van der Waals surface area contributed by atoms with Gasteiger partial charge in [0.1, 0.15) is 5.78 Å². The Morgan fingerprint density at radius 1 is 1.22 bits per heavy atom. The topological polar surface area (TPSA) is 55.8 Å². The van der Waals surface area contributed by atoms with Gasteiger partial charge in [0.05, 0.1) is 17.8 Å². The lowest BCUT2D eigenvalue weighted by Gasteiger charge is -2.32. The summed E-state index contributed by atoms with van der Waals surface area (Å²) in [5.41, 5.74) is 1.66. The Hall–Kier alpha value is -1.43. The zero-order chi connectivity index (χ0) is 17.3. The highest BCUT2D eigenvalue weighted by molar-refractivity contribution is 6.55. The smallest absolute Gasteiger partial charge is 0.400 e. The van der Waals surface area contributed by atoms with Gasteiger partial charge in [-0.3, -0.25) is 4.79 Å². The summed E-state index contributed by atoms with van der Waals surface area (Å²) in [7, 11) is -0.568. The second-order valence-corrected chi connectivity index (χ2v) is 7.09. The molecule has 0 saturated carbocycles. The summed E-state index contributed by atoms with van der Waals surface area (Å²) < 4.78 is 12.0. The van der Waals surface area contributed by atoms with Gasteiger partial charge in [0.2, 0.25) is 0 Å². The Kier molecular flexibility index (Phi) is 5.14. The molecule has 1 aromatic rings. The monoisotopic (exact) mass is 316 g/mol. The fourth-order valence-electron chi connectivity index (χ4n) is 2.48. The van der Waals surface area contributed by atoms with E-state index in [2.05, 4.69) is 0 Å². The van der Waals surface area contributed by atoms with Crippen molar-refractivity contribution in [3.8, 4) is 0 Å². The van der Waals surface area contributed by atoms with Crippen LogP contribution in [0, 0.1) is 0 Å². The molecule has 0 bridgehead atoms. The maximum absolute atomic E-state index is 11.3. The third-order valence-corrected chi connectivity index (χ3v) is 4.49. The number of hydrogen-bond acceptors (Lipinski definition) is 4. The minimum Gasteiger partial charge on any atom is -0.400 e. The van der Waals surface area contributed by atoms with Gasteiger partial charge < -0.3 is 14.4 Å². The molecule has 1 fully saturated rings. The number of hydrogen-bond donors (Lipinski definition) is 1. The van der Waals surface area contributed by atoms with Gasteiger partial charge in [0.15, 0.2) is 0 Å². The molecule has 1 aliphatic rings. The Morgan fingerprint density at radius 2 is 1.83 bits per heavy atom. The fourth-order valence-corrected chi connectivity index (χ4v) is 2.48. The van der Waals surface area contributed by atoms with Crippen LogP contribution in [0.3, 0.4) is 0 Å². The third-order valence-electron chi connectivity index (χ3n) is 4.49. The molecule has 0 unspecified atom stereocenters. The van der Waals surface area contributed by atoms with E-state index in [9.17, 15) is 9.90 Å². The molecule has 0 atom stereocenters. The molecule has 1 heterocycles. The Balaban J connectivity index is 2.25. The van der Waals surface area contributed by atoms with Crippen LogP contribution < -0.4 is 0 Å². The number of carbonyl (C=O) groups is 1. The highest BCUT2D eigenvalue weighted by Crippen LogP contribution is 2.38. The van der Waals surface area contributed by atoms with Crippen LogP contribution >= 0.6 is 0 Å². The maximum atomic E-state index is 11.3. The lowest BCUT2D eigenvalue weighted by atomic mass is 9.77. The zero-order valence-corrected chi connectivity index (χ0v) is 14.6. The largest absolute Gasteiger partial charge is 0.492 e. The van der Waals surface area contributed by atoms with Crippen LogP contribution in [-0.2, 0) is 20.5 Å². The Bertz CT molecular complexity index is 603. The molecule has 0 radical (unpaired) electrons. The van der Waals surface area contributed by atoms with Gasteiger partial charge in [0.25, 0.3) is 0 Å². The molecule has 1 saturated heterocycles. The van der Waals surface area contributed by atoms with Gasteiger partial charge in [-0.05, 0) is 51.2 Å². The van der Waals surface area contributed by atoms with Crippen LogP contribution in [0.4, 0.5) is 0 Å². The van der Waals surface area contributed by atoms with E-state index in [1.165, 1.54) is 0 Å². The van der Waals surface area contributed by atoms with Gasteiger partial charge in [0, 0.05) is 6.42 Å². The quantitative estimate of drug-likeness (QED) is 0.849. The van der Waals surface area contributed by atoms with Crippen molar-refractivity contribution in [1.29, 1.82) is 0 Å². The van der Waals surface area contributed by atoms with Crippen molar-refractivity contribution < 1.29 is 19.2 Å². The molecule has 1 aliphatic heterocycles. The van der Waals surface area contributed by atoms with Crippen molar-refractivity contribution in [1.82, 2.24) is 0 Å². The van der Waals surface area contributed by atoms with E-state index >= 15 is 0 Å². The minimum absolute atomic E-state index is 0.125. The van der Waals surface area contributed by atoms with Gasteiger partial charge in [-0.1, -0.05) is 30.3 Å². The Labute approximate surface area is 138 Å². The van der Waals surface area contributed by atoms with Crippen LogP contribution in [0.15, 0.2) is 29.7 Å². The summed E-state index contributed by atoms with van der Waals surface area (Å²) in [6.07, 6.45) is 2.28. The second-order valence-electron chi connectivity index (χ2n) is 7.09. The van der Waals surface area contributed by atoms with E-state index in [-0.39, 0.29) is 12.4 Å². The number of ketones is 1. The zero-order valence-electron chi connectivity index (χ0n) is 14.6. The summed E-state index contributed by atoms with van der Waals surface area (Å²) in [5, 5.41) is 9.72. The van der Waals surface area contributed by atoms with E-state index in [0.717, 1.165) is 11.1 Å². The fraction of sp³-hybridized carbons (Fsp3) is 0.500. The molecule has 5 heteroatoms. The molecule has 1 aromatic carbocycles. The molecule has 124 valence electrons. The first-order valence-electron chi connectivity index (χ1n) is 7.90. The van der Waals surface area contributed by atoms with Crippen LogP contribution in [0.25, 0.3) is 6.08 Å². The number of Topliss-reactive ketones (excluding diaryl/α,β-unsaturated/α-hetero) is 1. The van der Waals surface area contributed by atoms with Gasteiger partial charge in [-0.2, -0.15) is 0 Å². The van der Waals surface area contributed by atoms with Crippen LogP contribution in [0.2, 0.25) is 0 Å². The lowest BCUT2D eigenvalue weighted by Crippen LogP contribution is -2.41. The van der Waals surface area contributed by atoms with E-state index in [0.29, 0.717) is 11.9 Å². The van der Waals surface area contributed by atoms with Gasteiger partial charge >= 0.3 is 7.12 Å². The predicted molar refractivity (Wildman–Crippen MR) is 92.0 cm³/mol. The summed E-state index contributed by atoms with van der Waals surface area (Å²) >= 11 is 0. The number of benzene rings is 1. The van der Waals surface area contributed by atoms with Crippen molar-refractivity contribution in [2.45, 2.75) is 52.2 Å². The number of rotatable bonds is 5. The van der Waals surface area contributed by atoms with Crippen molar-refractivity contribution >= 4 is 19.0 Å². The van der Waals surface area contributed by atoms with Crippen molar-refractivity contribution in [2.75, 3.05) is 6.61 Å². The molecule has 0 aromatic heterocycles. The van der Waals surface area contributed by atoms with E-state index in [1.807, 2.05) is 58.0 Å². The second kappa shape index (κ2) is 6.60. The Morgan fingerprint density at radius 3 is 2.35 bits per heavy atom. The molecule has 0 aliphatic carbocycles. The highest BCUT2D eigenvalue weighted by Gasteiger charge is 2.52. The van der Waals surface area contributed by atoms with Crippen molar-refractivity contribution in [3.05, 3.63) is 40.9 Å². The van der Waals surface area contributed by atoms with Gasteiger partial charge in [-0.25, -0.2) is 0 Å². The van der Waals surface area contributed by atoms with Crippen LogP contribution in [0.1, 0.15) is 45.7 Å². The minimum atomic E-state index is -0.568. The van der Waals surface area contributed by atoms with Gasteiger partial charge in [-0.15, -0.1) is 0 Å². The first-order valence-corrected chi connectivity index (χ1v) is 7.90. The molecule has 0 spiro atoms. The maximum Gasteiger partial charge on any atom is 0.492 e. The summed E-state index contributed by atoms with van der Waals surface area (Å²) in [4.78, 5) is 11.3. The predicted octanol–water partition coefficient (Wildman–Crippen LogP) is 2.83. The van der Waals surface area contributed by atoms with E-state index in [1.54, 1.807) is 6.92 Å². The van der Waals surface area contributed by atoms with Crippen molar-refractivity contribution in [3.63, 3.8) is 0 Å². The first-order chi connectivity index (χ1) is 10.6. The standard InChI is InChI=1S/C18H25BO4/c1-13(21)9-14-7-6-8-15(10-14)11-16(12-20)19-22-17(2,3)18(4,5)23-19/h6-8,10-11,20H,9,12H2,1-5H3. The molecular formula is C18H25BO4. The number of carbonyl (C=O) groups excluding carboxylic acids is 1. The van der Waals surface area contributed by atoms with Crippen molar-refractivity contribution in [2.24, 2.45) is 0 Å². The molecule has 1 N–H and O–H groups in total. The summed E-state index contributed by atoms with van der Waals surface area (Å²) in [6.45, 7) is 9.36. The summed E-state index contributed by atoms with van der Waals surface area (Å²) in [5.74, 6) is 0.125. The normalized spacial score (nSPS) is 19.9. The van der Waals surface area contributed by atoms with Crippen LogP contribution in [-0.4, -0.2) is 35.8 Å².